The fourth-order valence-corrected chi connectivity index (χ4v) is 5.31. The van der Waals surface area contributed by atoms with E-state index in [1.165, 1.54) is 64.8 Å². The van der Waals surface area contributed by atoms with E-state index in [9.17, 15) is 0 Å². The van der Waals surface area contributed by atoms with Crippen LogP contribution < -0.4 is 5.73 Å². The van der Waals surface area contributed by atoms with Crippen LogP contribution in [0.3, 0.4) is 0 Å². The van der Waals surface area contributed by atoms with Crippen molar-refractivity contribution in [3.63, 3.8) is 0 Å². The fraction of sp³-hybridized carbons (Fsp3) is 0.364. The smallest absolute Gasteiger partial charge is 0.150 e. The van der Waals surface area contributed by atoms with Gasteiger partial charge >= 0.3 is 0 Å². The molecule has 0 aliphatic carbocycles. The SMILES string of the molecule is CCCCCCCCN1CCN(C)C1.Nc1nccn2cnc(-c3ccc4ccc(-c5ccccc5)nc4c3)c12. The number of imidazole rings is 1. The molecule has 5 aromatic rings. The number of fused-ring (bicyclic) bond motifs is 2. The van der Waals surface area contributed by atoms with Gasteiger partial charge in [0, 0.05) is 42.0 Å². The largest absolute Gasteiger partial charge is 0.382 e. The van der Waals surface area contributed by atoms with Gasteiger partial charge in [0.25, 0.3) is 0 Å². The molecule has 7 nitrogen and oxygen atoms in total. The second kappa shape index (κ2) is 13.5. The maximum absolute atomic E-state index is 6.06. The van der Waals surface area contributed by atoms with Crippen molar-refractivity contribution in [3.05, 3.63) is 79.4 Å². The lowest BCUT2D eigenvalue weighted by Gasteiger charge is -2.14. The van der Waals surface area contributed by atoms with Crippen LogP contribution in [0.5, 0.6) is 0 Å². The summed E-state index contributed by atoms with van der Waals surface area (Å²) in [6.45, 7) is 7.33. The van der Waals surface area contributed by atoms with Gasteiger partial charge in [0.2, 0.25) is 0 Å². The first-order chi connectivity index (χ1) is 19.6. The molecular formula is C33H41N7. The lowest BCUT2D eigenvalue weighted by atomic mass is 10.1. The molecule has 0 unspecified atom stereocenters. The van der Waals surface area contributed by atoms with E-state index >= 15 is 0 Å². The predicted octanol–water partition coefficient (Wildman–Crippen LogP) is 6.75. The zero-order valence-electron chi connectivity index (χ0n) is 23.8. The topological polar surface area (TPSA) is 75.6 Å². The van der Waals surface area contributed by atoms with Gasteiger partial charge in [-0.3, -0.25) is 9.80 Å². The molecule has 1 fully saturated rings. The molecule has 0 saturated carbocycles. The van der Waals surface area contributed by atoms with Gasteiger partial charge in [-0.15, -0.1) is 0 Å². The quantitative estimate of drug-likeness (QED) is 0.211. The fourth-order valence-electron chi connectivity index (χ4n) is 5.31. The average Bonchev–Trinajstić information content (AvgIpc) is 3.62. The van der Waals surface area contributed by atoms with Gasteiger partial charge < -0.3 is 10.1 Å². The molecule has 0 amide bonds. The minimum Gasteiger partial charge on any atom is -0.382 e. The molecule has 0 atom stereocenters. The molecule has 0 radical (unpaired) electrons. The molecule has 0 spiro atoms. The molecule has 3 aromatic heterocycles. The van der Waals surface area contributed by atoms with Crippen molar-refractivity contribution in [2.75, 3.05) is 39.1 Å². The summed E-state index contributed by atoms with van der Waals surface area (Å²) in [6, 6.07) is 20.5. The third-order valence-corrected chi connectivity index (χ3v) is 7.58. The summed E-state index contributed by atoms with van der Waals surface area (Å²) in [7, 11) is 2.21. The average molecular weight is 536 g/mol. The second-order valence-electron chi connectivity index (χ2n) is 10.7. The van der Waals surface area contributed by atoms with E-state index < -0.39 is 0 Å². The summed E-state index contributed by atoms with van der Waals surface area (Å²) < 4.78 is 1.88. The highest BCUT2D eigenvalue weighted by Gasteiger charge is 2.15. The summed E-state index contributed by atoms with van der Waals surface area (Å²) in [5.41, 5.74) is 11.6. The number of pyridine rings is 1. The van der Waals surface area contributed by atoms with Gasteiger partial charge in [-0.2, -0.15) is 0 Å². The monoisotopic (exact) mass is 535 g/mol. The number of likely N-dealkylation sites (N-methyl/N-ethyl adjacent to an activating group) is 1. The molecule has 4 heterocycles. The molecule has 208 valence electrons. The van der Waals surface area contributed by atoms with Crippen LogP contribution in [0.25, 0.3) is 38.9 Å². The lowest BCUT2D eigenvalue weighted by molar-refractivity contribution is 0.269. The Morgan fingerprint density at radius 2 is 1.65 bits per heavy atom. The van der Waals surface area contributed by atoms with Gasteiger partial charge in [-0.25, -0.2) is 15.0 Å². The predicted molar refractivity (Wildman–Crippen MR) is 166 cm³/mol. The minimum absolute atomic E-state index is 0.464. The van der Waals surface area contributed by atoms with E-state index in [4.69, 9.17) is 10.7 Å². The molecule has 1 aliphatic rings. The van der Waals surface area contributed by atoms with Gasteiger partial charge in [0.15, 0.2) is 0 Å². The lowest BCUT2D eigenvalue weighted by Crippen LogP contribution is -2.24. The number of rotatable bonds is 9. The van der Waals surface area contributed by atoms with E-state index in [-0.39, 0.29) is 0 Å². The highest BCUT2D eigenvalue weighted by atomic mass is 15.4. The third kappa shape index (κ3) is 6.84. The number of nitrogens with two attached hydrogens (primary N) is 1. The Bertz CT molecular complexity index is 1510. The van der Waals surface area contributed by atoms with E-state index in [1.807, 2.05) is 40.9 Å². The van der Waals surface area contributed by atoms with Gasteiger partial charge in [-0.1, -0.05) is 87.6 Å². The van der Waals surface area contributed by atoms with Crippen LogP contribution in [0.4, 0.5) is 5.82 Å². The number of hydrogen-bond donors (Lipinski definition) is 1. The van der Waals surface area contributed by atoms with E-state index in [0.29, 0.717) is 5.82 Å². The maximum atomic E-state index is 6.06. The first-order valence-electron chi connectivity index (χ1n) is 14.6. The van der Waals surface area contributed by atoms with Crippen LogP contribution in [0.15, 0.2) is 79.4 Å². The number of aromatic nitrogens is 4. The number of benzene rings is 2. The van der Waals surface area contributed by atoms with E-state index in [2.05, 4.69) is 64.1 Å². The van der Waals surface area contributed by atoms with E-state index in [1.54, 1.807) is 12.5 Å². The van der Waals surface area contributed by atoms with Crippen molar-refractivity contribution in [2.24, 2.45) is 0 Å². The third-order valence-electron chi connectivity index (χ3n) is 7.58. The van der Waals surface area contributed by atoms with Crippen LogP contribution in [-0.2, 0) is 0 Å². The number of unbranched alkanes of at least 4 members (excludes halogenated alkanes) is 5. The van der Waals surface area contributed by atoms with Crippen LogP contribution >= 0.6 is 0 Å². The molecule has 2 aromatic carbocycles. The molecule has 1 aliphatic heterocycles. The molecule has 0 bridgehead atoms. The summed E-state index contributed by atoms with van der Waals surface area (Å²) in [6.07, 6.45) is 13.8. The molecular weight excluding hydrogens is 494 g/mol. The maximum Gasteiger partial charge on any atom is 0.150 e. The van der Waals surface area contributed by atoms with Crippen molar-refractivity contribution in [1.29, 1.82) is 0 Å². The summed E-state index contributed by atoms with van der Waals surface area (Å²) in [5, 5.41) is 1.09. The number of nitrogens with zero attached hydrogens (tertiary/aromatic N) is 6. The molecule has 7 heteroatoms. The van der Waals surface area contributed by atoms with Crippen LogP contribution in [-0.4, -0.2) is 62.5 Å². The van der Waals surface area contributed by atoms with E-state index in [0.717, 1.165) is 38.9 Å². The minimum atomic E-state index is 0.464. The molecule has 6 rings (SSSR count). The highest BCUT2D eigenvalue weighted by Crippen LogP contribution is 2.29. The van der Waals surface area contributed by atoms with Crippen LogP contribution in [0, 0.1) is 0 Å². The highest BCUT2D eigenvalue weighted by molar-refractivity contribution is 5.91. The standard InChI is InChI=1S/C21H15N5.C12H26N2/c22-21-20-19(24-13-26(20)11-10-23-21)16-7-6-15-8-9-17(25-18(15)12-16)14-4-2-1-3-5-14;1-3-4-5-6-7-8-9-14-11-10-13(2)12-14/h1-13H,(H2,22,23);3-12H2,1-2H3. The first-order valence-corrected chi connectivity index (χ1v) is 14.6. The summed E-state index contributed by atoms with van der Waals surface area (Å²) in [4.78, 5) is 18.5. The van der Waals surface area contributed by atoms with Crippen LogP contribution in [0.1, 0.15) is 45.4 Å². The van der Waals surface area contributed by atoms with Crippen molar-refractivity contribution in [3.8, 4) is 22.5 Å². The number of anilines is 1. The van der Waals surface area contributed by atoms with Gasteiger partial charge in [-0.05, 0) is 32.1 Å². The van der Waals surface area contributed by atoms with Crippen molar-refractivity contribution >= 4 is 22.2 Å². The number of nitrogen functional groups attached to an aromatic ring is 1. The Labute approximate surface area is 237 Å². The Balaban J connectivity index is 0.000000197. The number of hydrogen-bond acceptors (Lipinski definition) is 6. The zero-order chi connectivity index (χ0) is 27.7. The Hall–Kier alpha value is -3.81. The molecule has 2 N–H and O–H groups in total. The summed E-state index contributed by atoms with van der Waals surface area (Å²) in [5.74, 6) is 0.464. The first kappa shape index (κ1) is 27.7. The van der Waals surface area contributed by atoms with Crippen molar-refractivity contribution in [2.45, 2.75) is 45.4 Å². The normalized spacial score (nSPS) is 14.1. The Morgan fingerprint density at radius 1 is 0.850 bits per heavy atom. The second-order valence-corrected chi connectivity index (χ2v) is 10.7. The Kier molecular flexibility index (Phi) is 9.37. The summed E-state index contributed by atoms with van der Waals surface area (Å²) >= 11 is 0. The molecule has 1 saturated heterocycles. The zero-order valence-corrected chi connectivity index (χ0v) is 23.8. The van der Waals surface area contributed by atoms with Crippen molar-refractivity contribution in [1.82, 2.24) is 29.2 Å². The van der Waals surface area contributed by atoms with Crippen LogP contribution in [0.2, 0.25) is 0 Å². The van der Waals surface area contributed by atoms with Crippen molar-refractivity contribution < 1.29 is 0 Å². The molecule has 40 heavy (non-hydrogen) atoms. The van der Waals surface area contributed by atoms with Gasteiger partial charge in [0.05, 0.1) is 23.6 Å². The van der Waals surface area contributed by atoms with Gasteiger partial charge in [0.1, 0.15) is 17.7 Å². The Morgan fingerprint density at radius 3 is 2.45 bits per heavy atom.